The second kappa shape index (κ2) is 4.77. The van der Waals surface area contributed by atoms with Gasteiger partial charge in [-0.15, -0.1) is 0 Å². The lowest BCUT2D eigenvalue weighted by atomic mass is 10.2. The van der Waals surface area contributed by atoms with Gasteiger partial charge in [0.05, 0.1) is 12.9 Å². The van der Waals surface area contributed by atoms with E-state index in [4.69, 9.17) is 4.42 Å². The van der Waals surface area contributed by atoms with Crippen LogP contribution in [0.5, 0.6) is 0 Å². The number of para-hydroxylation sites is 1. The minimum atomic E-state index is -0.207. The van der Waals surface area contributed by atoms with Gasteiger partial charge in [0.25, 0.3) is 5.56 Å². The van der Waals surface area contributed by atoms with Gasteiger partial charge in [0.15, 0.2) is 0 Å². The average molecular weight is 292 g/mol. The summed E-state index contributed by atoms with van der Waals surface area (Å²) >= 11 is 0. The molecule has 0 aliphatic carbocycles. The third-order valence-electron chi connectivity index (χ3n) is 3.54. The molecule has 6 nitrogen and oxygen atoms in total. The highest BCUT2D eigenvalue weighted by molar-refractivity contribution is 6.01. The zero-order valence-electron chi connectivity index (χ0n) is 11.9. The van der Waals surface area contributed by atoms with Crippen LogP contribution in [0.3, 0.4) is 0 Å². The lowest BCUT2D eigenvalue weighted by Gasteiger charge is -2.04. The van der Waals surface area contributed by atoms with Crippen LogP contribution in [0.1, 0.15) is 11.4 Å². The first-order valence-corrected chi connectivity index (χ1v) is 6.86. The second-order valence-corrected chi connectivity index (χ2v) is 5.09. The van der Waals surface area contributed by atoms with Crippen molar-refractivity contribution >= 4 is 22.1 Å². The predicted octanol–water partition coefficient (Wildman–Crippen LogP) is 2.29. The SMILES string of the molecule is Cc1ncc(Cn2cnc3c(oc4ccccc43)c2=O)cn1. The van der Waals surface area contributed by atoms with E-state index in [0.29, 0.717) is 23.5 Å². The van der Waals surface area contributed by atoms with Gasteiger partial charge in [-0.3, -0.25) is 9.36 Å². The molecular formula is C16H12N4O2. The Bertz CT molecular complexity index is 1030. The summed E-state index contributed by atoms with van der Waals surface area (Å²) in [4.78, 5) is 25.2. The smallest absolute Gasteiger partial charge is 0.297 e. The molecule has 0 amide bonds. The Morgan fingerprint density at radius 2 is 1.91 bits per heavy atom. The summed E-state index contributed by atoms with van der Waals surface area (Å²) in [6.07, 6.45) is 4.95. The van der Waals surface area contributed by atoms with Gasteiger partial charge in [0.1, 0.15) is 16.9 Å². The molecule has 0 radical (unpaired) electrons. The van der Waals surface area contributed by atoms with E-state index in [1.54, 1.807) is 12.4 Å². The molecule has 0 unspecified atom stereocenters. The van der Waals surface area contributed by atoms with Crippen molar-refractivity contribution in [3.05, 3.63) is 64.7 Å². The van der Waals surface area contributed by atoms with Crippen LogP contribution in [0, 0.1) is 6.92 Å². The maximum Gasteiger partial charge on any atom is 0.297 e. The normalized spacial score (nSPS) is 11.3. The number of fused-ring (bicyclic) bond motifs is 3. The zero-order valence-corrected chi connectivity index (χ0v) is 11.9. The maximum absolute atomic E-state index is 12.6. The molecule has 4 rings (SSSR count). The molecule has 3 heterocycles. The molecule has 0 spiro atoms. The number of rotatable bonds is 2. The number of hydrogen-bond donors (Lipinski definition) is 0. The van der Waals surface area contributed by atoms with Gasteiger partial charge in [-0.05, 0) is 19.1 Å². The lowest BCUT2D eigenvalue weighted by molar-refractivity contribution is 0.642. The van der Waals surface area contributed by atoms with Gasteiger partial charge < -0.3 is 4.42 Å². The Labute approximate surface area is 125 Å². The fraction of sp³-hybridized carbons (Fsp3) is 0.125. The molecule has 0 aliphatic rings. The summed E-state index contributed by atoms with van der Waals surface area (Å²) < 4.78 is 7.15. The fourth-order valence-electron chi connectivity index (χ4n) is 2.43. The predicted molar refractivity (Wildman–Crippen MR) is 81.6 cm³/mol. The molecule has 0 saturated carbocycles. The van der Waals surface area contributed by atoms with Crippen molar-refractivity contribution in [2.75, 3.05) is 0 Å². The van der Waals surface area contributed by atoms with Crippen LogP contribution in [0.15, 0.2) is 52.2 Å². The van der Waals surface area contributed by atoms with Crippen molar-refractivity contribution < 1.29 is 4.42 Å². The first-order valence-electron chi connectivity index (χ1n) is 6.86. The quantitative estimate of drug-likeness (QED) is 0.566. The van der Waals surface area contributed by atoms with Crippen molar-refractivity contribution in [2.45, 2.75) is 13.5 Å². The Balaban J connectivity index is 1.85. The van der Waals surface area contributed by atoms with Crippen molar-refractivity contribution in [3.63, 3.8) is 0 Å². The van der Waals surface area contributed by atoms with E-state index >= 15 is 0 Å². The van der Waals surface area contributed by atoms with E-state index in [-0.39, 0.29) is 11.1 Å². The molecule has 0 fully saturated rings. The van der Waals surface area contributed by atoms with E-state index in [1.807, 2.05) is 31.2 Å². The summed E-state index contributed by atoms with van der Waals surface area (Å²) in [5.41, 5.74) is 2.17. The molecule has 1 aromatic carbocycles. The minimum absolute atomic E-state index is 0.207. The summed E-state index contributed by atoms with van der Waals surface area (Å²) in [7, 11) is 0. The molecule has 0 bridgehead atoms. The largest absolute Gasteiger partial charge is 0.448 e. The van der Waals surface area contributed by atoms with Crippen LogP contribution in [-0.2, 0) is 6.54 Å². The highest BCUT2D eigenvalue weighted by atomic mass is 16.3. The van der Waals surface area contributed by atoms with Crippen LogP contribution in [0.4, 0.5) is 0 Å². The molecule has 108 valence electrons. The molecule has 0 atom stereocenters. The molecule has 22 heavy (non-hydrogen) atoms. The van der Waals surface area contributed by atoms with E-state index in [1.165, 1.54) is 10.9 Å². The third kappa shape index (κ3) is 1.96. The summed E-state index contributed by atoms with van der Waals surface area (Å²) in [5.74, 6) is 0.696. The lowest BCUT2D eigenvalue weighted by Crippen LogP contribution is -2.20. The molecular weight excluding hydrogens is 280 g/mol. The number of hydrogen-bond acceptors (Lipinski definition) is 5. The first kappa shape index (κ1) is 12.7. The molecule has 0 N–H and O–H groups in total. The van der Waals surface area contributed by atoms with Crippen LogP contribution in [0.25, 0.3) is 22.1 Å². The van der Waals surface area contributed by atoms with Crippen molar-refractivity contribution in [2.24, 2.45) is 0 Å². The standard InChI is InChI=1S/C16H12N4O2/c1-10-17-6-11(7-18-10)8-20-9-19-14-12-4-2-3-5-13(12)22-15(14)16(20)21/h2-7,9H,8H2,1H3. The first-order chi connectivity index (χ1) is 10.7. The Morgan fingerprint density at radius 3 is 2.73 bits per heavy atom. The van der Waals surface area contributed by atoms with Crippen molar-refractivity contribution in [1.82, 2.24) is 19.5 Å². The zero-order chi connectivity index (χ0) is 15.1. The van der Waals surface area contributed by atoms with Crippen LogP contribution >= 0.6 is 0 Å². The molecule has 3 aromatic heterocycles. The maximum atomic E-state index is 12.6. The van der Waals surface area contributed by atoms with Gasteiger partial charge in [0.2, 0.25) is 5.58 Å². The fourth-order valence-corrected chi connectivity index (χ4v) is 2.43. The summed E-state index contributed by atoms with van der Waals surface area (Å²) in [6, 6.07) is 7.49. The average Bonchev–Trinajstić information content (AvgIpc) is 2.92. The van der Waals surface area contributed by atoms with Gasteiger partial charge in [-0.2, -0.15) is 0 Å². The number of aromatic nitrogens is 4. The number of furan rings is 1. The minimum Gasteiger partial charge on any atom is -0.448 e. The van der Waals surface area contributed by atoms with E-state index in [9.17, 15) is 4.79 Å². The van der Waals surface area contributed by atoms with Crippen LogP contribution in [0.2, 0.25) is 0 Å². The Morgan fingerprint density at radius 1 is 1.14 bits per heavy atom. The molecule has 4 aromatic rings. The van der Waals surface area contributed by atoms with E-state index in [0.717, 1.165) is 10.9 Å². The van der Waals surface area contributed by atoms with Gasteiger partial charge in [-0.25, -0.2) is 15.0 Å². The van der Waals surface area contributed by atoms with Crippen molar-refractivity contribution in [1.29, 1.82) is 0 Å². The highest BCUT2D eigenvalue weighted by Crippen LogP contribution is 2.24. The van der Waals surface area contributed by atoms with Crippen molar-refractivity contribution in [3.8, 4) is 0 Å². The van der Waals surface area contributed by atoms with E-state index < -0.39 is 0 Å². The van der Waals surface area contributed by atoms with Gasteiger partial charge >= 0.3 is 0 Å². The van der Waals surface area contributed by atoms with Crippen LogP contribution < -0.4 is 5.56 Å². The summed E-state index contributed by atoms with van der Waals surface area (Å²) in [5, 5.41) is 0.848. The van der Waals surface area contributed by atoms with Gasteiger partial charge in [0, 0.05) is 23.3 Å². The van der Waals surface area contributed by atoms with E-state index in [2.05, 4.69) is 15.0 Å². The Hall–Kier alpha value is -3.02. The highest BCUT2D eigenvalue weighted by Gasteiger charge is 2.13. The molecule has 0 saturated heterocycles. The number of benzene rings is 1. The monoisotopic (exact) mass is 292 g/mol. The number of aryl methyl sites for hydroxylation is 1. The third-order valence-corrected chi connectivity index (χ3v) is 3.54. The Kier molecular flexibility index (Phi) is 2.75. The van der Waals surface area contributed by atoms with Crippen LogP contribution in [-0.4, -0.2) is 19.5 Å². The summed E-state index contributed by atoms with van der Waals surface area (Å²) in [6.45, 7) is 2.18. The topological polar surface area (TPSA) is 73.8 Å². The second-order valence-electron chi connectivity index (χ2n) is 5.09. The molecule has 6 heteroatoms. The number of nitrogens with zero attached hydrogens (tertiary/aromatic N) is 4. The molecule has 0 aliphatic heterocycles. The van der Waals surface area contributed by atoms with Gasteiger partial charge in [-0.1, -0.05) is 12.1 Å².